The standard InChI is InChI=1S/2C13H18ClNO/c2*1-11-10-16-13(7-14)9-15(11)8-12-5-3-2-4-6-12/h2*2-6,11,13H,7-10H2,1H3/t11-,13+;11-,13-/m11/s1. The maximum atomic E-state index is 5.84. The number of ether oxygens (including phenoxy) is 2. The number of benzene rings is 2. The second-order valence-electron chi connectivity index (χ2n) is 8.75. The van der Waals surface area contributed by atoms with Gasteiger partial charge in [0.1, 0.15) is 0 Å². The van der Waals surface area contributed by atoms with Gasteiger partial charge in [-0.1, -0.05) is 60.7 Å². The maximum Gasteiger partial charge on any atom is 0.0838 e. The fourth-order valence-electron chi connectivity index (χ4n) is 4.01. The van der Waals surface area contributed by atoms with Crippen molar-refractivity contribution in [3.63, 3.8) is 0 Å². The molecule has 0 amide bonds. The van der Waals surface area contributed by atoms with Gasteiger partial charge in [0, 0.05) is 50.0 Å². The Labute approximate surface area is 203 Å². The van der Waals surface area contributed by atoms with Crippen molar-refractivity contribution in [2.75, 3.05) is 38.1 Å². The highest BCUT2D eigenvalue weighted by Gasteiger charge is 2.26. The summed E-state index contributed by atoms with van der Waals surface area (Å²) in [6.45, 7) is 9.80. The van der Waals surface area contributed by atoms with Gasteiger partial charge >= 0.3 is 0 Å². The van der Waals surface area contributed by atoms with E-state index in [9.17, 15) is 0 Å². The number of hydrogen-bond acceptors (Lipinski definition) is 4. The van der Waals surface area contributed by atoms with Gasteiger partial charge in [-0.25, -0.2) is 0 Å². The molecule has 2 fully saturated rings. The topological polar surface area (TPSA) is 24.9 Å². The maximum absolute atomic E-state index is 5.84. The van der Waals surface area contributed by atoms with Gasteiger partial charge in [-0.3, -0.25) is 9.80 Å². The Bertz CT molecular complexity index is 699. The molecule has 32 heavy (non-hydrogen) atoms. The fraction of sp³-hybridized carbons (Fsp3) is 0.538. The molecule has 176 valence electrons. The number of hydrogen-bond donors (Lipinski definition) is 0. The molecule has 2 saturated heterocycles. The van der Waals surface area contributed by atoms with Gasteiger partial charge in [0.2, 0.25) is 0 Å². The summed E-state index contributed by atoms with van der Waals surface area (Å²) >= 11 is 11.7. The first kappa shape index (κ1) is 25.5. The van der Waals surface area contributed by atoms with Crippen molar-refractivity contribution in [2.24, 2.45) is 0 Å². The summed E-state index contributed by atoms with van der Waals surface area (Å²) in [5.74, 6) is 1.16. The van der Waals surface area contributed by atoms with E-state index < -0.39 is 0 Å². The average molecular weight is 479 g/mol. The second-order valence-corrected chi connectivity index (χ2v) is 9.36. The minimum Gasteiger partial charge on any atom is -0.374 e. The minimum absolute atomic E-state index is 0.182. The summed E-state index contributed by atoms with van der Waals surface area (Å²) < 4.78 is 11.3. The predicted molar refractivity (Wildman–Crippen MR) is 134 cm³/mol. The van der Waals surface area contributed by atoms with Gasteiger partial charge in [-0.15, -0.1) is 23.2 Å². The Morgan fingerprint density at radius 3 is 1.41 bits per heavy atom. The summed E-state index contributed by atoms with van der Waals surface area (Å²) in [4.78, 5) is 4.87. The van der Waals surface area contributed by atoms with Crippen LogP contribution in [0.5, 0.6) is 0 Å². The lowest BCUT2D eigenvalue weighted by Gasteiger charge is -2.37. The Morgan fingerprint density at radius 1 is 0.688 bits per heavy atom. The Morgan fingerprint density at radius 2 is 1.06 bits per heavy atom. The van der Waals surface area contributed by atoms with Gasteiger partial charge in [0.15, 0.2) is 0 Å². The van der Waals surface area contributed by atoms with Gasteiger partial charge < -0.3 is 9.47 Å². The number of alkyl halides is 2. The number of halogens is 2. The van der Waals surface area contributed by atoms with Gasteiger partial charge in [-0.05, 0) is 25.0 Å². The van der Waals surface area contributed by atoms with Crippen molar-refractivity contribution in [3.8, 4) is 0 Å². The molecule has 2 aliphatic heterocycles. The number of nitrogens with zero attached hydrogens (tertiary/aromatic N) is 2. The Hall–Kier alpha value is -1.14. The monoisotopic (exact) mass is 478 g/mol. The molecule has 4 rings (SSSR count). The third-order valence-corrected chi connectivity index (χ3v) is 6.76. The summed E-state index contributed by atoms with van der Waals surface area (Å²) in [7, 11) is 0. The number of morpholine rings is 2. The largest absolute Gasteiger partial charge is 0.374 e. The zero-order chi connectivity index (χ0) is 22.8. The molecule has 0 radical (unpaired) electrons. The summed E-state index contributed by atoms with van der Waals surface area (Å²) in [5, 5.41) is 0. The van der Waals surface area contributed by atoms with E-state index >= 15 is 0 Å². The Kier molecular flexibility index (Phi) is 10.8. The van der Waals surface area contributed by atoms with Gasteiger partial charge in [-0.2, -0.15) is 0 Å². The van der Waals surface area contributed by atoms with Crippen LogP contribution in [0.25, 0.3) is 0 Å². The molecular weight excluding hydrogens is 443 g/mol. The molecule has 4 atom stereocenters. The van der Waals surface area contributed by atoms with E-state index in [0.29, 0.717) is 23.8 Å². The van der Waals surface area contributed by atoms with Crippen LogP contribution in [0.2, 0.25) is 0 Å². The normalized spacial score (nSPS) is 26.9. The van der Waals surface area contributed by atoms with Crippen LogP contribution in [0.15, 0.2) is 60.7 Å². The SMILES string of the molecule is C[C@@H]1CO[C@@H](CCl)CN1Cc1ccccc1.C[C@@H]1CO[C@H](CCl)CN1Cc1ccccc1. The molecule has 0 unspecified atom stereocenters. The van der Waals surface area contributed by atoms with E-state index in [2.05, 4.69) is 72.2 Å². The highest BCUT2D eigenvalue weighted by molar-refractivity contribution is 6.18. The summed E-state index contributed by atoms with van der Waals surface area (Å²) in [6, 6.07) is 22.0. The van der Waals surface area contributed by atoms with Crippen molar-refractivity contribution in [1.29, 1.82) is 0 Å². The van der Waals surface area contributed by atoms with Crippen molar-refractivity contribution < 1.29 is 9.47 Å². The van der Waals surface area contributed by atoms with E-state index in [1.165, 1.54) is 11.1 Å². The van der Waals surface area contributed by atoms with Crippen LogP contribution in [0.1, 0.15) is 25.0 Å². The van der Waals surface area contributed by atoms with Gasteiger partial charge in [0.05, 0.1) is 25.4 Å². The molecule has 2 aliphatic rings. The molecule has 2 heterocycles. The van der Waals surface area contributed by atoms with Crippen LogP contribution < -0.4 is 0 Å². The number of rotatable bonds is 6. The molecule has 0 spiro atoms. The van der Waals surface area contributed by atoms with E-state index in [0.717, 1.165) is 39.4 Å². The quantitative estimate of drug-likeness (QED) is 0.543. The van der Waals surface area contributed by atoms with E-state index in [-0.39, 0.29) is 12.2 Å². The molecule has 0 saturated carbocycles. The first-order valence-electron chi connectivity index (χ1n) is 11.5. The second kappa shape index (κ2) is 13.5. The molecule has 0 aliphatic carbocycles. The predicted octanol–water partition coefficient (Wildman–Crippen LogP) is 5.03. The molecule has 0 aromatic heterocycles. The summed E-state index contributed by atoms with van der Waals surface area (Å²) in [6.07, 6.45) is 0.364. The molecule has 6 heteroatoms. The smallest absolute Gasteiger partial charge is 0.0838 e. The molecule has 4 nitrogen and oxygen atoms in total. The molecular formula is C26H36Cl2N2O2. The highest BCUT2D eigenvalue weighted by Crippen LogP contribution is 2.17. The van der Waals surface area contributed by atoms with Crippen LogP contribution in [-0.2, 0) is 22.6 Å². The van der Waals surface area contributed by atoms with Crippen LogP contribution >= 0.6 is 23.2 Å². The van der Waals surface area contributed by atoms with E-state index in [4.69, 9.17) is 32.7 Å². The van der Waals surface area contributed by atoms with Crippen molar-refractivity contribution in [1.82, 2.24) is 9.80 Å². The zero-order valence-electron chi connectivity index (χ0n) is 19.2. The van der Waals surface area contributed by atoms with Crippen molar-refractivity contribution in [2.45, 2.75) is 51.2 Å². The summed E-state index contributed by atoms with van der Waals surface area (Å²) in [5.41, 5.74) is 2.70. The van der Waals surface area contributed by atoms with Crippen LogP contribution in [-0.4, -0.2) is 72.2 Å². The van der Waals surface area contributed by atoms with Crippen LogP contribution in [0.3, 0.4) is 0 Å². The Balaban J connectivity index is 0.000000181. The first-order valence-corrected chi connectivity index (χ1v) is 12.6. The van der Waals surface area contributed by atoms with E-state index in [1.54, 1.807) is 0 Å². The zero-order valence-corrected chi connectivity index (χ0v) is 20.7. The third kappa shape index (κ3) is 8.02. The molecule has 2 aromatic carbocycles. The first-order chi connectivity index (χ1) is 15.6. The fourth-order valence-corrected chi connectivity index (χ4v) is 4.39. The third-order valence-electron chi connectivity index (χ3n) is 6.07. The molecule has 0 bridgehead atoms. The molecule has 2 aromatic rings. The van der Waals surface area contributed by atoms with Crippen LogP contribution in [0, 0.1) is 0 Å². The average Bonchev–Trinajstić information content (AvgIpc) is 2.84. The lowest BCUT2D eigenvalue weighted by atomic mass is 10.1. The lowest BCUT2D eigenvalue weighted by Crippen LogP contribution is -2.48. The van der Waals surface area contributed by atoms with Crippen molar-refractivity contribution >= 4 is 23.2 Å². The van der Waals surface area contributed by atoms with Gasteiger partial charge in [0.25, 0.3) is 0 Å². The minimum atomic E-state index is 0.182. The van der Waals surface area contributed by atoms with E-state index in [1.807, 2.05) is 12.1 Å². The molecule has 0 N–H and O–H groups in total. The highest BCUT2D eigenvalue weighted by atomic mass is 35.5. The van der Waals surface area contributed by atoms with Crippen molar-refractivity contribution in [3.05, 3.63) is 71.8 Å². The van der Waals surface area contributed by atoms with Crippen LogP contribution in [0.4, 0.5) is 0 Å². The lowest BCUT2D eigenvalue weighted by molar-refractivity contribution is -0.0511.